The summed E-state index contributed by atoms with van der Waals surface area (Å²) in [6.07, 6.45) is 0. The summed E-state index contributed by atoms with van der Waals surface area (Å²) in [6, 6.07) is 29.7. The summed E-state index contributed by atoms with van der Waals surface area (Å²) in [4.78, 5) is 14.8. The fourth-order valence-electron chi connectivity index (χ4n) is 3.98. The van der Waals surface area contributed by atoms with Crippen LogP contribution in [0.5, 0.6) is 11.5 Å². The van der Waals surface area contributed by atoms with Gasteiger partial charge in [0.1, 0.15) is 5.76 Å². The third kappa shape index (κ3) is 5.47. The average Bonchev–Trinajstić information content (AvgIpc) is 3.53. The second-order valence-corrected chi connectivity index (χ2v) is 8.25. The maximum absolute atomic E-state index is 12.6. The summed E-state index contributed by atoms with van der Waals surface area (Å²) < 4.78 is 16.9. The molecular weight excluding hydrogens is 428 g/mol. The van der Waals surface area contributed by atoms with Crippen molar-refractivity contribution in [2.45, 2.75) is 26.2 Å². The molecule has 6 heteroatoms. The van der Waals surface area contributed by atoms with Gasteiger partial charge in [-0.15, -0.1) is 0 Å². The second-order valence-electron chi connectivity index (χ2n) is 8.25. The minimum absolute atomic E-state index is 0.222. The van der Waals surface area contributed by atoms with E-state index in [0.717, 1.165) is 34.9 Å². The Morgan fingerprint density at radius 2 is 1.44 bits per heavy atom. The number of rotatable bonds is 9. The first kappa shape index (κ1) is 21.8. The van der Waals surface area contributed by atoms with Crippen LogP contribution >= 0.6 is 0 Å². The number of nitrogens with zero attached hydrogens (tertiary/aromatic N) is 1. The highest BCUT2D eigenvalue weighted by Crippen LogP contribution is 2.33. The third-order valence-electron chi connectivity index (χ3n) is 5.65. The lowest BCUT2D eigenvalue weighted by Gasteiger charge is -2.21. The maximum atomic E-state index is 12.6. The molecule has 5 rings (SSSR count). The molecule has 0 atom stereocenters. The van der Waals surface area contributed by atoms with Gasteiger partial charge in [-0.05, 0) is 41.0 Å². The van der Waals surface area contributed by atoms with Gasteiger partial charge in [0.2, 0.25) is 6.79 Å². The largest absolute Gasteiger partial charge is 0.455 e. The van der Waals surface area contributed by atoms with Crippen molar-refractivity contribution in [1.82, 2.24) is 10.2 Å². The monoisotopic (exact) mass is 454 g/mol. The minimum Gasteiger partial charge on any atom is -0.455 e. The van der Waals surface area contributed by atoms with Crippen LogP contribution in [0.15, 0.2) is 95.4 Å². The molecule has 1 amide bonds. The maximum Gasteiger partial charge on any atom is 0.287 e. The Kier molecular flexibility index (Phi) is 6.59. The molecule has 0 spiro atoms. The first-order valence-electron chi connectivity index (χ1n) is 11.3. The van der Waals surface area contributed by atoms with Crippen molar-refractivity contribution in [3.63, 3.8) is 0 Å². The number of nitrogens with one attached hydrogen (secondary N) is 1. The van der Waals surface area contributed by atoms with Crippen LogP contribution in [0.25, 0.3) is 0 Å². The molecular formula is C28H26N2O4. The summed E-state index contributed by atoms with van der Waals surface area (Å²) in [6.45, 7) is 2.72. The summed E-state index contributed by atoms with van der Waals surface area (Å²) in [7, 11) is 0. The van der Waals surface area contributed by atoms with Crippen LogP contribution in [0, 0.1) is 0 Å². The lowest BCUT2D eigenvalue weighted by molar-refractivity contribution is 0.0918. The lowest BCUT2D eigenvalue weighted by Crippen LogP contribution is -2.23. The molecule has 1 aromatic heterocycles. The molecule has 1 N–H and O–H groups in total. The molecule has 0 aliphatic carbocycles. The normalized spacial score (nSPS) is 12.1. The summed E-state index contributed by atoms with van der Waals surface area (Å²) in [5.74, 6) is 2.37. The standard InChI is InChI=1S/C28H26N2O4/c31-28(29-16-21-7-3-1-4-8-21)26-14-12-24(34-26)19-30(17-22-9-5-2-6-10-22)18-23-11-13-25-27(15-23)33-20-32-25/h1-15H,16-20H2,(H,29,31). The zero-order chi connectivity index (χ0) is 23.2. The van der Waals surface area contributed by atoms with Gasteiger partial charge in [-0.3, -0.25) is 9.69 Å². The SMILES string of the molecule is O=C(NCc1ccccc1)c1ccc(CN(Cc2ccccc2)Cc2ccc3c(c2)OCO3)o1. The highest BCUT2D eigenvalue weighted by Gasteiger charge is 2.17. The number of benzene rings is 3. The van der Waals surface area contributed by atoms with E-state index >= 15 is 0 Å². The van der Waals surface area contributed by atoms with E-state index in [1.165, 1.54) is 5.56 Å². The fourth-order valence-corrected chi connectivity index (χ4v) is 3.98. The molecule has 0 saturated carbocycles. The van der Waals surface area contributed by atoms with Crippen LogP contribution in [0.1, 0.15) is 33.0 Å². The van der Waals surface area contributed by atoms with E-state index in [2.05, 4.69) is 28.4 Å². The Labute approximate surface area is 198 Å². The fraction of sp³-hybridized carbons (Fsp3) is 0.179. The van der Waals surface area contributed by atoms with Crippen LogP contribution in [-0.4, -0.2) is 17.6 Å². The van der Waals surface area contributed by atoms with E-state index in [1.807, 2.05) is 66.7 Å². The van der Waals surface area contributed by atoms with Crippen molar-refractivity contribution >= 4 is 5.91 Å². The van der Waals surface area contributed by atoms with Gasteiger partial charge in [-0.25, -0.2) is 0 Å². The topological polar surface area (TPSA) is 63.9 Å². The molecule has 0 unspecified atom stereocenters. The van der Waals surface area contributed by atoms with Gasteiger partial charge in [0.05, 0.1) is 6.54 Å². The number of furan rings is 1. The smallest absolute Gasteiger partial charge is 0.287 e. The number of fused-ring (bicyclic) bond motifs is 1. The number of carbonyl (C=O) groups is 1. The summed E-state index contributed by atoms with van der Waals surface area (Å²) in [5, 5.41) is 2.91. The predicted octanol–water partition coefficient (Wildman–Crippen LogP) is 5.14. The van der Waals surface area contributed by atoms with E-state index in [0.29, 0.717) is 25.4 Å². The Morgan fingerprint density at radius 3 is 2.24 bits per heavy atom. The molecule has 172 valence electrons. The Balaban J connectivity index is 1.27. The Bertz CT molecular complexity index is 1240. The van der Waals surface area contributed by atoms with E-state index in [4.69, 9.17) is 13.9 Å². The molecule has 0 radical (unpaired) electrons. The van der Waals surface area contributed by atoms with Crippen LogP contribution in [0.3, 0.4) is 0 Å². The van der Waals surface area contributed by atoms with Gasteiger partial charge in [0.15, 0.2) is 17.3 Å². The summed E-state index contributed by atoms with van der Waals surface area (Å²) in [5.41, 5.74) is 3.36. The van der Waals surface area contributed by atoms with Crippen molar-refractivity contribution in [1.29, 1.82) is 0 Å². The van der Waals surface area contributed by atoms with Gasteiger partial charge < -0.3 is 19.2 Å². The minimum atomic E-state index is -0.222. The second kappa shape index (κ2) is 10.3. The Hall–Kier alpha value is -4.03. The molecule has 4 aromatic rings. The van der Waals surface area contributed by atoms with Crippen molar-refractivity contribution < 1.29 is 18.7 Å². The third-order valence-corrected chi connectivity index (χ3v) is 5.65. The number of ether oxygens (including phenoxy) is 2. The molecule has 0 fully saturated rings. The van der Waals surface area contributed by atoms with Gasteiger partial charge in [-0.1, -0.05) is 66.7 Å². The van der Waals surface area contributed by atoms with Gasteiger partial charge in [0.25, 0.3) is 5.91 Å². The highest BCUT2D eigenvalue weighted by molar-refractivity contribution is 5.91. The van der Waals surface area contributed by atoms with Crippen LogP contribution in [0.2, 0.25) is 0 Å². The molecule has 6 nitrogen and oxygen atoms in total. The predicted molar refractivity (Wildman–Crippen MR) is 128 cm³/mol. The zero-order valence-electron chi connectivity index (χ0n) is 18.8. The van der Waals surface area contributed by atoms with E-state index < -0.39 is 0 Å². The molecule has 0 saturated heterocycles. The van der Waals surface area contributed by atoms with E-state index in [-0.39, 0.29) is 12.7 Å². The van der Waals surface area contributed by atoms with Crippen molar-refractivity contribution in [2.75, 3.05) is 6.79 Å². The van der Waals surface area contributed by atoms with E-state index in [9.17, 15) is 4.79 Å². The number of hydrogen-bond donors (Lipinski definition) is 1. The molecule has 0 bridgehead atoms. The molecule has 1 aliphatic heterocycles. The van der Waals surface area contributed by atoms with Gasteiger partial charge >= 0.3 is 0 Å². The van der Waals surface area contributed by atoms with Crippen molar-refractivity contribution in [3.05, 3.63) is 119 Å². The zero-order valence-corrected chi connectivity index (χ0v) is 18.8. The number of carbonyl (C=O) groups excluding carboxylic acids is 1. The average molecular weight is 455 g/mol. The van der Waals surface area contributed by atoms with Gasteiger partial charge in [0, 0.05) is 19.6 Å². The number of hydrogen-bond acceptors (Lipinski definition) is 5. The number of amides is 1. The molecule has 3 aromatic carbocycles. The van der Waals surface area contributed by atoms with Gasteiger partial charge in [-0.2, -0.15) is 0 Å². The molecule has 34 heavy (non-hydrogen) atoms. The van der Waals surface area contributed by atoms with Crippen LogP contribution in [-0.2, 0) is 26.2 Å². The molecule has 1 aliphatic rings. The molecule has 2 heterocycles. The lowest BCUT2D eigenvalue weighted by atomic mass is 10.1. The quantitative estimate of drug-likeness (QED) is 0.379. The van der Waals surface area contributed by atoms with Crippen molar-refractivity contribution in [2.24, 2.45) is 0 Å². The Morgan fingerprint density at radius 1 is 0.735 bits per heavy atom. The first-order chi connectivity index (χ1) is 16.7. The van der Waals surface area contributed by atoms with Crippen LogP contribution < -0.4 is 14.8 Å². The van der Waals surface area contributed by atoms with Crippen LogP contribution in [0.4, 0.5) is 0 Å². The first-order valence-corrected chi connectivity index (χ1v) is 11.3. The summed E-state index contributed by atoms with van der Waals surface area (Å²) >= 11 is 0. The van der Waals surface area contributed by atoms with E-state index in [1.54, 1.807) is 6.07 Å². The highest BCUT2D eigenvalue weighted by atomic mass is 16.7. The van der Waals surface area contributed by atoms with Crippen molar-refractivity contribution in [3.8, 4) is 11.5 Å².